The Hall–Kier alpha value is -1.04. The number of allylic oxidation sites excluding steroid dienone is 8. The van der Waals surface area contributed by atoms with Crippen LogP contribution in [-0.4, -0.2) is 0 Å². The Morgan fingerprint density at radius 2 is 0.800 bits per heavy atom. The highest BCUT2D eigenvalue weighted by Gasteiger charge is 3.06. The standard InChI is InChI=1S/C20H18/c1-2-6-18-12-9-11-15-13-10-14(16(12)15)20(18)8-4-3-7-19(13,20)17(11,18)5-1/h1-8,11-16H,9-10H2. The predicted octanol–water partition coefficient (Wildman–Crippen LogP) is 3.74. The third-order valence-corrected chi connectivity index (χ3v) is 10.1. The summed E-state index contributed by atoms with van der Waals surface area (Å²) in [5.41, 5.74) is 2.16. The lowest BCUT2D eigenvalue weighted by Crippen LogP contribution is -2.74. The Morgan fingerprint density at radius 3 is 1.10 bits per heavy atom. The second-order valence-electron chi connectivity index (χ2n) is 8.96. The summed E-state index contributed by atoms with van der Waals surface area (Å²) in [6.45, 7) is 0. The van der Waals surface area contributed by atoms with Gasteiger partial charge in [0.15, 0.2) is 0 Å². The molecule has 98 valence electrons. The molecule has 20 heavy (non-hydrogen) atoms. The normalized spacial score (nSPS) is 79.6. The molecule has 0 heterocycles. The average Bonchev–Trinajstić information content (AvgIpc) is 3.17. The van der Waals surface area contributed by atoms with Crippen molar-refractivity contribution in [1.82, 2.24) is 0 Å². The monoisotopic (exact) mass is 258 g/mol. The quantitative estimate of drug-likeness (QED) is 0.621. The summed E-state index contributed by atoms with van der Waals surface area (Å²) in [5, 5.41) is 0. The van der Waals surface area contributed by atoms with Crippen LogP contribution in [-0.2, 0) is 0 Å². The lowest BCUT2D eigenvalue weighted by atomic mass is 9.25. The van der Waals surface area contributed by atoms with E-state index in [2.05, 4.69) is 48.6 Å². The van der Waals surface area contributed by atoms with Gasteiger partial charge in [-0.15, -0.1) is 0 Å². The van der Waals surface area contributed by atoms with Crippen LogP contribution in [0.2, 0.25) is 0 Å². The van der Waals surface area contributed by atoms with E-state index in [1.807, 2.05) is 0 Å². The zero-order valence-corrected chi connectivity index (χ0v) is 11.5. The zero-order valence-electron chi connectivity index (χ0n) is 11.5. The molecule has 0 heteroatoms. The minimum Gasteiger partial charge on any atom is -0.0762 e. The van der Waals surface area contributed by atoms with E-state index in [-0.39, 0.29) is 0 Å². The van der Waals surface area contributed by atoms with E-state index in [9.17, 15) is 0 Å². The number of rotatable bonds is 0. The van der Waals surface area contributed by atoms with E-state index < -0.39 is 0 Å². The molecular formula is C20H18. The lowest BCUT2D eigenvalue weighted by Gasteiger charge is -2.77. The molecule has 0 nitrogen and oxygen atoms in total. The molecule has 4 bridgehead atoms. The van der Waals surface area contributed by atoms with Crippen LogP contribution in [0.25, 0.3) is 0 Å². The van der Waals surface area contributed by atoms with Crippen LogP contribution >= 0.6 is 0 Å². The highest BCUT2D eigenvalue weighted by Crippen LogP contribution is 3.09. The van der Waals surface area contributed by atoms with E-state index in [4.69, 9.17) is 0 Å². The van der Waals surface area contributed by atoms with Crippen LogP contribution in [0.15, 0.2) is 48.6 Å². The Bertz CT molecular complexity index is 612. The fourth-order valence-corrected chi connectivity index (χ4v) is 11.0. The Balaban J connectivity index is 1.68. The van der Waals surface area contributed by atoms with Crippen molar-refractivity contribution in [3.63, 3.8) is 0 Å². The summed E-state index contributed by atoms with van der Waals surface area (Å²) in [6, 6.07) is 0. The fraction of sp³-hybridized carbons (Fsp3) is 0.600. The van der Waals surface area contributed by atoms with Crippen molar-refractivity contribution in [3.8, 4) is 0 Å². The molecular weight excluding hydrogens is 240 g/mol. The lowest BCUT2D eigenvalue weighted by molar-refractivity contribution is -0.223. The van der Waals surface area contributed by atoms with Gasteiger partial charge in [-0.1, -0.05) is 48.6 Å². The molecule has 7 fully saturated rings. The maximum Gasteiger partial charge on any atom is 0.0121 e. The molecule has 9 aliphatic carbocycles. The van der Waals surface area contributed by atoms with Crippen LogP contribution in [0.1, 0.15) is 12.8 Å². The van der Waals surface area contributed by atoms with Crippen LogP contribution in [0.4, 0.5) is 0 Å². The minimum atomic E-state index is 0.539. The first-order valence-corrected chi connectivity index (χ1v) is 8.61. The highest BCUT2D eigenvalue weighted by molar-refractivity contribution is 5.65. The summed E-state index contributed by atoms with van der Waals surface area (Å²) in [6.07, 6.45) is 23.5. The van der Waals surface area contributed by atoms with Gasteiger partial charge in [-0.05, 0) is 48.3 Å². The molecule has 0 aromatic carbocycles. The van der Waals surface area contributed by atoms with Crippen molar-refractivity contribution in [2.45, 2.75) is 12.8 Å². The molecule has 0 aromatic heterocycles. The summed E-state index contributed by atoms with van der Waals surface area (Å²) in [7, 11) is 0. The smallest absolute Gasteiger partial charge is 0.0121 e. The molecule has 9 rings (SSSR count). The minimum absolute atomic E-state index is 0.539. The predicted molar refractivity (Wildman–Crippen MR) is 76.5 cm³/mol. The number of hydrogen-bond acceptors (Lipinski definition) is 0. The van der Waals surface area contributed by atoms with E-state index in [0.717, 1.165) is 35.5 Å². The van der Waals surface area contributed by atoms with Crippen molar-refractivity contribution >= 4 is 0 Å². The second kappa shape index (κ2) is 1.99. The van der Waals surface area contributed by atoms with Gasteiger partial charge in [0, 0.05) is 21.7 Å². The van der Waals surface area contributed by atoms with Gasteiger partial charge in [-0.25, -0.2) is 0 Å². The SMILES string of the molecule is C1=CC23C4CC5C6C4C4CC6C6(C=CC=CC426)C53C=C1. The molecule has 0 radical (unpaired) electrons. The van der Waals surface area contributed by atoms with Gasteiger partial charge in [0.2, 0.25) is 0 Å². The Morgan fingerprint density at radius 1 is 0.500 bits per heavy atom. The maximum atomic E-state index is 2.70. The van der Waals surface area contributed by atoms with Crippen LogP contribution in [0, 0.1) is 57.2 Å². The second-order valence-corrected chi connectivity index (χ2v) is 8.96. The fourth-order valence-electron chi connectivity index (χ4n) is 11.0. The molecule has 9 aliphatic rings. The van der Waals surface area contributed by atoms with E-state index in [1.165, 1.54) is 0 Å². The first-order valence-electron chi connectivity index (χ1n) is 8.61. The number of hydrogen-bond donors (Lipinski definition) is 0. The van der Waals surface area contributed by atoms with Crippen molar-refractivity contribution in [2.75, 3.05) is 0 Å². The van der Waals surface area contributed by atoms with E-state index in [1.54, 1.807) is 12.8 Å². The van der Waals surface area contributed by atoms with Crippen molar-refractivity contribution in [1.29, 1.82) is 0 Å². The third-order valence-electron chi connectivity index (χ3n) is 10.1. The van der Waals surface area contributed by atoms with Crippen LogP contribution < -0.4 is 0 Å². The van der Waals surface area contributed by atoms with Gasteiger partial charge < -0.3 is 0 Å². The first kappa shape index (κ1) is 9.07. The van der Waals surface area contributed by atoms with Gasteiger partial charge in [0.25, 0.3) is 0 Å². The van der Waals surface area contributed by atoms with Gasteiger partial charge in [0.1, 0.15) is 0 Å². The van der Waals surface area contributed by atoms with E-state index >= 15 is 0 Å². The van der Waals surface area contributed by atoms with Gasteiger partial charge in [-0.3, -0.25) is 0 Å². The summed E-state index contributed by atoms with van der Waals surface area (Å²) < 4.78 is 0. The van der Waals surface area contributed by atoms with Crippen molar-refractivity contribution in [2.24, 2.45) is 57.2 Å². The van der Waals surface area contributed by atoms with Crippen molar-refractivity contribution < 1.29 is 0 Å². The van der Waals surface area contributed by atoms with E-state index in [0.29, 0.717) is 21.7 Å². The molecule has 0 aliphatic heterocycles. The van der Waals surface area contributed by atoms with Gasteiger partial charge in [-0.2, -0.15) is 0 Å². The van der Waals surface area contributed by atoms with Crippen molar-refractivity contribution in [3.05, 3.63) is 48.6 Å². The molecule has 4 unspecified atom stereocenters. The molecule has 7 saturated carbocycles. The maximum absolute atomic E-state index is 2.70. The Kier molecular flexibility index (Phi) is 0.903. The Labute approximate surface area is 119 Å². The molecule has 4 spiro atoms. The average molecular weight is 258 g/mol. The molecule has 4 atom stereocenters. The summed E-state index contributed by atoms with van der Waals surface area (Å²) >= 11 is 0. The largest absolute Gasteiger partial charge is 0.0762 e. The van der Waals surface area contributed by atoms with Gasteiger partial charge >= 0.3 is 0 Å². The summed E-state index contributed by atoms with van der Waals surface area (Å²) in [5.74, 6) is 6.31. The topological polar surface area (TPSA) is 0 Å². The third kappa shape index (κ3) is 0.392. The van der Waals surface area contributed by atoms with Crippen LogP contribution in [0.3, 0.4) is 0 Å². The highest BCUT2D eigenvalue weighted by atomic mass is 15.1. The molecule has 0 amide bonds. The van der Waals surface area contributed by atoms with Crippen LogP contribution in [0.5, 0.6) is 0 Å². The van der Waals surface area contributed by atoms with Gasteiger partial charge in [0.05, 0.1) is 0 Å². The molecule has 0 N–H and O–H groups in total. The molecule has 0 aromatic rings. The summed E-state index contributed by atoms with van der Waals surface area (Å²) in [4.78, 5) is 0. The molecule has 0 saturated heterocycles. The zero-order chi connectivity index (χ0) is 12.5. The first-order chi connectivity index (χ1) is 9.87.